The van der Waals surface area contributed by atoms with E-state index in [1.807, 2.05) is 30.3 Å². The van der Waals surface area contributed by atoms with Crippen LogP contribution in [0.15, 0.2) is 48.0 Å². The molecule has 2 aromatic carbocycles. The van der Waals surface area contributed by atoms with Crippen molar-refractivity contribution in [2.45, 2.75) is 45.1 Å². The van der Waals surface area contributed by atoms with E-state index in [4.69, 9.17) is 4.74 Å². The van der Waals surface area contributed by atoms with Crippen LogP contribution in [0.25, 0.3) is 6.08 Å². The monoisotopic (exact) mass is 434 g/mol. The maximum atomic E-state index is 11.9. The number of hydrogen-bond donors (Lipinski definition) is 2. The zero-order chi connectivity index (χ0) is 22.5. The highest BCUT2D eigenvalue weighted by molar-refractivity contribution is 6.00. The predicted octanol–water partition coefficient (Wildman–Crippen LogP) is 3.83. The first-order valence-corrected chi connectivity index (χ1v) is 11.7. The number of piperidine rings is 1. The number of nitrogens with one attached hydrogen (secondary N) is 1. The zero-order valence-electron chi connectivity index (χ0n) is 19.1. The van der Waals surface area contributed by atoms with Crippen molar-refractivity contribution in [2.24, 2.45) is 0 Å². The first-order valence-electron chi connectivity index (χ1n) is 11.7. The maximum Gasteiger partial charge on any atom is 0.247 e. The van der Waals surface area contributed by atoms with Gasteiger partial charge in [-0.25, -0.2) is 0 Å². The van der Waals surface area contributed by atoms with Crippen molar-refractivity contribution in [1.82, 2.24) is 10.2 Å². The number of aryl methyl sites for hydroxylation is 2. The Morgan fingerprint density at radius 1 is 1.16 bits per heavy atom. The van der Waals surface area contributed by atoms with E-state index in [1.54, 1.807) is 0 Å². The number of carbonyl (C=O) groups is 1. The highest BCUT2D eigenvalue weighted by Gasteiger charge is 2.23. The average molecular weight is 435 g/mol. The first kappa shape index (κ1) is 22.6. The summed E-state index contributed by atoms with van der Waals surface area (Å²) in [6, 6.07) is 14.5. The Kier molecular flexibility index (Phi) is 7.28. The van der Waals surface area contributed by atoms with Crippen LogP contribution in [0, 0.1) is 13.8 Å². The lowest BCUT2D eigenvalue weighted by Crippen LogP contribution is -2.40. The van der Waals surface area contributed by atoms with Gasteiger partial charge in [0.15, 0.2) is 0 Å². The van der Waals surface area contributed by atoms with Crippen LogP contribution in [0.5, 0.6) is 5.75 Å². The summed E-state index contributed by atoms with van der Waals surface area (Å²) in [5.41, 5.74) is 5.80. The molecule has 2 aliphatic heterocycles. The molecule has 2 fully saturated rings. The van der Waals surface area contributed by atoms with Gasteiger partial charge < -0.3 is 20.1 Å². The highest BCUT2D eigenvalue weighted by atomic mass is 16.5. The lowest BCUT2D eigenvalue weighted by molar-refractivity contribution is -0.116. The smallest absolute Gasteiger partial charge is 0.247 e. The summed E-state index contributed by atoms with van der Waals surface area (Å²) in [5.74, 6) is 1.29. The van der Waals surface area contributed by atoms with Crippen molar-refractivity contribution in [2.75, 3.05) is 32.8 Å². The molecule has 2 heterocycles. The van der Waals surface area contributed by atoms with Crippen LogP contribution >= 0.6 is 0 Å². The molecule has 1 atom stereocenters. The second-order valence-corrected chi connectivity index (χ2v) is 9.10. The van der Waals surface area contributed by atoms with Crippen molar-refractivity contribution in [3.8, 4) is 5.75 Å². The summed E-state index contributed by atoms with van der Waals surface area (Å²) in [6.45, 7) is 7.87. The molecular weight excluding hydrogens is 400 g/mol. The predicted molar refractivity (Wildman–Crippen MR) is 128 cm³/mol. The second-order valence-electron chi connectivity index (χ2n) is 9.10. The molecule has 5 heteroatoms. The van der Waals surface area contributed by atoms with E-state index < -0.39 is 6.10 Å². The van der Waals surface area contributed by atoms with Crippen LogP contribution in [0.1, 0.15) is 47.4 Å². The minimum absolute atomic E-state index is 0.0101. The summed E-state index contributed by atoms with van der Waals surface area (Å²) in [6.07, 6.45) is 4.31. The summed E-state index contributed by atoms with van der Waals surface area (Å²) in [4.78, 5) is 14.2. The molecule has 2 aromatic rings. The van der Waals surface area contributed by atoms with Crippen molar-refractivity contribution in [3.05, 3.63) is 70.3 Å². The number of rotatable bonds is 7. The zero-order valence-corrected chi connectivity index (χ0v) is 19.1. The van der Waals surface area contributed by atoms with Gasteiger partial charge in [-0.2, -0.15) is 0 Å². The molecular formula is C27H34N2O3. The molecule has 2 aliphatic rings. The largest absolute Gasteiger partial charge is 0.490 e. The number of aliphatic hydroxyl groups excluding tert-OH is 1. The van der Waals surface area contributed by atoms with Crippen LogP contribution in [0.4, 0.5) is 0 Å². The highest BCUT2D eigenvalue weighted by Crippen LogP contribution is 2.29. The van der Waals surface area contributed by atoms with Gasteiger partial charge in [0, 0.05) is 24.2 Å². The van der Waals surface area contributed by atoms with Gasteiger partial charge in [-0.3, -0.25) is 4.79 Å². The number of nitrogens with zero attached hydrogens (tertiary/aromatic N) is 1. The molecule has 32 heavy (non-hydrogen) atoms. The van der Waals surface area contributed by atoms with Gasteiger partial charge in [0.25, 0.3) is 0 Å². The quantitative estimate of drug-likeness (QED) is 0.651. The molecule has 1 unspecified atom stereocenters. The molecule has 0 spiro atoms. The van der Waals surface area contributed by atoms with Crippen LogP contribution < -0.4 is 10.1 Å². The van der Waals surface area contributed by atoms with Gasteiger partial charge in [0.2, 0.25) is 5.91 Å². The lowest BCUT2D eigenvalue weighted by Gasteiger charge is -2.33. The number of hydrogen-bond acceptors (Lipinski definition) is 4. The summed E-state index contributed by atoms with van der Waals surface area (Å²) >= 11 is 0. The van der Waals surface area contributed by atoms with Crippen LogP contribution in [-0.2, 0) is 4.79 Å². The second kappa shape index (κ2) is 10.3. The molecule has 0 bridgehead atoms. The minimum Gasteiger partial charge on any atom is -0.490 e. The van der Waals surface area contributed by atoms with Gasteiger partial charge in [-0.1, -0.05) is 36.4 Å². The Labute approximate surface area is 191 Å². The normalized spacial score (nSPS) is 19.8. The number of carbonyl (C=O) groups excluding carboxylic acids is 1. The molecule has 1 amide bonds. The number of β-amino-alcohol motifs (C(OH)–C–C–N with tert-alkyl or cyclic N) is 1. The SMILES string of the molecule is Cc1ccc(C2CCN(CC(O)COc3ccccc3/C=C3/CCNC3=O)CC2)cc1C. The fraction of sp³-hybridized carbons (Fsp3) is 0.444. The Balaban J connectivity index is 1.27. The molecule has 4 rings (SSSR count). The van der Waals surface area contributed by atoms with E-state index in [0.29, 0.717) is 24.8 Å². The van der Waals surface area contributed by atoms with E-state index in [1.165, 1.54) is 16.7 Å². The Bertz CT molecular complexity index is 977. The maximum absolute atomic E-state index is 11.9. The Hall–Kier alpha value is -2.63. The fourth-order valence-corrected chi connectivity index (χ4v) is 4.60. The topological polar surface area (TPSA) is 61.8 Å². The van der Waals surface area contributed by atoms with Gasteiger partial charge in [0.1, 0.15) is 18.5 Å². The van der Waals surface area contributed by atoms with E-state index >= 15 is 0 Å². The van der Waals surface area contributed by atoms with Crippen molar-refractivity contribution in [1.29, 1.82) is 0 Å². The molecule has 2 N–H and O–H groups in total. The number of para-hydroxylation sites is 1. The third-order valence-corrected chi connectivity index (χ3v) is 6.71. The third kappa shape index (κ3) is 5.59. The van der Waals surface area contributed by atoms with Crippen LogP contribution in [0.3, 0.4) is 0 Å². The van der Waals surface area contributed by atoms with Crippen molar-refractivity contribution >= 4 is 12.0 Å². The number of benzene rings is 2. The summed E-state index contributed by atoms with van der Waals surface area (Å²) < 4.78 is 5.95. The number of ether oxygens (including phenoxy) is 1. The average Bonchev–Trinajstić information content (AvgIpc) is 3.20. The van der Waals surface area contributed by atoms with Crippen molar-refractivity contribution < 1.29 is 14.6 Å². The summed E-state index contributed by atoms with van der Waals surface area (Å²) in [7, 11) is 0. The summed E-state index contributed by atoms with van der Waals surface area (Å²) in [5, 5.41) is 13.4. The molecule has 170 valence electrons. The number of aliphatic hydroxyl groups is 1. The molecule has 0 saturated carbocycles. The third-order valence-electron chi connectivity index (χ3n) is 6.71. The van der Waals surface area contributed by atoms with Crippen LogP contribution in [-0.4, -0.2) is 54.8 Å². The molecule has 0 aromatic heterocycles. The van der Waals surface area contributed by atoms with Gasteiger partial charge in [-0.15, -0.1) is 0 Å². The number of likely N-dealkylation sites (tertiary alicyclic amines) is 1. The molecule has 0 radical (unpaired) electrons. The Morgan fingerprint density at radius 2 is 1.94 bits per heavy atom. The molecule has 0 aliphatic carbocycles. The van der Waals surface area contributed by atoms with Gasteiger partial charge >= 0.3 is 0 Å². The first-order chi connectivity index (χ1) is 15.5. The van der Waals surface area contributed by atoms with E-state index in [9.17, 15) is 9.90 Å². The lowest BCUT2D eigenvalue weighted by atomic mass is 9.88. The molecule has 5 nitrogen and oxygen atoms in total. The van der Waals surface area contributed by atoms with Crippen LogP contribution in [0.2, 0.25) is 0 Å². The standard InChI is InChI=1S/C27H34N2O3/c1-19-7-8-22(15-20(19)2)21-10-13-29(14-11-21)17-25(30)18-32-26-6-4-3-5-23(26)16-24-9-12-28-27(24)31/h3-8,15-16,21,25,30H,9-14,17-18H2,1-2H3,(H,28,31)/b24-16-. The van der Waals surface area contributed by atoms with Crippen molar-refractivity contribution in [3.63, 3.8) is 0 Å². The van der Waals surface area contributed by atoms with E-state index in [2.05, 4.69) is 42.3 Å². The molecule has 2 saturated heterocycles. The number of amides is 1. The minimum atomic E-state index is -0.552. The Morgan fingerprint density at radius 3 is 2.66 bits per heavy atom. The van der Waals surface area contributed by atoms with E-state index in [-0.39, 0.29) is 12.5 Å². The van der Waals surface area contributed by atoms with Gasteiger partial charge in [-0.05, 0) is 81.0 Å². The van der Waals surface area contributed by atoms with Gasteiger partial charge in [0.05, 0.1) is 0 Å². The van der Waals surface area contributed by atoms with E-state index in [0.717, 1.165) is 43.5 Å². The fourth-order valence-electron chi connectivity index (χ4n) is 4.60.